The van der Waals surface area contributed by atoms with Crippen molar-refractivity contribution in [3.8, 4) is 0 Å². The fourth-order valence-electron chi connectivity index (χ4n) is 2.47. The monoisotopic (exact) mass is 388 g/mol. The summed E-state index contributed by atoms with van der Waals surface area (Å²) >= 11 is 1.24. The Hall–Kier alpha value is -2.80. The summed E-state index contributed by atoms with van der Waals surface area (Å²) < 4.78 is 28.8. The van der Waals surface area contributed by atoms with Crippen molar-refractivity contribution < 1.29 is 27.9 Å². The average Bonchev–Trinajstić information content (AvgIpc) is 3.05. The molecule has 1 heterocycles. The Labute approximate surface area is 159 Å². The van der Waals surface area contributed by atoms with Crippen LogP contribution in [0.25, 0.3) is 11.0 Å². The molecule has 0 radical (unpaired) electrons. The maximum absolute atomic E-state index is 12.9. The van der Waals surface area contributed by atoms with E-state index in [1.165, 1.54) is 23.9 Å². The second-order valence-corrected chi connectivity index (χ2v) is 6.58. The molecule has 140 valence electrons. The number of fused-ring (bicyclic) bond motifs is 1. The van der Waals surface area contributed by atoms with Crippen LogP contribution >= 0.6 is 11.8 Å². The van der Waals surface area contributed by atoms with Gasteiger partial charge in [-0.1, -0.05) is 18.2 Å². The Morgan fingerprint density at radius 3 is 2.56 bits per heavy atom. The van der Waals surface area contributed by atoms with Gasteiger partial charge in [-0.25, -0.2) is 9.18 Å². The molecule has 3 aromatic rings. The molecule has 0 saturated heterocycles. The highest BCUT2D eigenvalue weighted by molar-refractivity contribution is 8.00. The number of benzene rings is 2. The number of ether oxygens (including phenoxy) is 2. The third-order valence-corrected chi connectivity index (χ3v) is 4.69. The third kappa shape index (κ3) is 4.68. The molecule has 27 heavy (non-hydrogen) atoms. The third-order valence-electron chi connectivity index (χ3n) is 3.71. The lowest BCUT2D eigenvalue weighted by Crippen LogP contribution is -2.11. The van der Waals surface area contributed by atoms with Crippen molar-refractivity contribution in [3.63, 3.8) is 0 Å². The zero-order valence-electron chi connectivity index (χ0n) is 14.6. The molecule has 3 rings (SSSR count). The predicted molar refractivity (Wildman–Crippen MR) is 99.1 cm³/mol. The van der Waals surface area contributed by atoms with Crippen LogP contribution in [0.15, 0.2) is 57.8 Å². The summed E-state index contributed by atoms with van der Waals surface area (Å²) in [5.41, 5.74) is 0.997. The molecule has 0 N–H and O–H groups in total. The Morgan fingerprint density at radius 1 is 1.07 bits per heavy atom. The first-order valence-electron chi connectivity index (χ1n) is 8.30. The van der Waals surface area contributed by atoms with Gasteiger partial charge in [-0.05, 0) is 37.3 Å². The van der Waals surface area contributed by atoms with Gasteiger partial charge in [-0.3, -0.25) is 4.79 Å². The molecule has 0 fully saturated rings. The Morgan fingerprint density at radius 2 is 1.81 bits per heavy atom. The number of halogens is 1. The van der Waals surface area contributed by atoms with Gasteiger partial charge >= 0.3 is 11.9 Å². The highest BCUT2D eigenvalue weighted by Gasteiger charge is 2.22. The highest BCUT2D eigenvalue weighted by Crippen LogP contribution is 2.27. The first-order valence-corrected chi connectivity index (χ1v) is 9.28. The summed E-state index contributed by atoms with van der Waals surface area (Å²) in [5.74, 6) is -1.28. The lowest BCUT2D eigenvalue weighted by Gasteiger charge is -2.06. The van der Waals surface area contributed by atoms with Crippen molar-refractivity contribution in [2.75, 3.05) is 12.4 Å². The minimum absolute atomic E-state index is 0.0389. The standard InChI is InChI=1S/C20H17FO5S/c1-2-24-20(23)19-16(15-5-3-4-6-17(15)26-19)11-25-18(22)12-27-14-9-7-13(21)8-10-14/h3-10H,2,11-12H2,1H3. The SMILES string of the molecule is CCOC(=O)c1oc2ccccc2c1COC(=O)CSc1ccc(F)cc1. The summed E-state index contributed by atoms with van der Waals surface area (Å²) in [6.07, 6.45) is 0. The van der Waals surface area contributed by atoms with Crippen molar-refractivity contribution in [3.05, 3.63) is 65.7 Å². The van der Waals surface area contributed by atoms with Gasteiger partial charge < -0.3 is 13.9 Å². The minimum atomic E-state index is -0.597. The second-order valence-electron chi connectivity index (χ2n) is 5.53. The van der Waals surface area contributed by atoms with Crippen molar-refractivity contribution in [1.82, 2.24) is 0 Å². The summed E-state index contributed by atoms with van der Waals surface area (Å²) in [7, 11) is 0. The van der Waals surface area contributed by atoms with E-state index in [1.54, 1.807) is 37.3 Å². The van der Waals surface area contributed by atoms with E-state index in [-0.39, 0.29) is 30.5 Å². The molecule has 0 aliphatic heterocycles. The van der Waals surface area contributed by atoms with Crippen molar-refractivity contribution in [2.24, 2.45) is 0 Å². The normalized spacial score (nSPS) is 10.7. The average molecular weight is 388 g/mol. The molecular weight excluding hydrogens is 371 g/mol. The molecule has 0 atom stereocenters. The van der Waals surface area contributed by atoms with E-state index >= 15 is 0 Å². The highest BCUT2D eigenvalue weighted by atomic mass is 32.2. The molecule has 2 aromatic carbocycles. The molecule has 0 spiro atoms. The lowest BCUT2D eigenvalue weighted by molar-refractivity contribution is -0.141. The molecule has 0 amide bonds. The van der Waals surface area contributed by atoms with Gasteiger partial charge in [-0.15, -0.1) is 11.8 Å². The fraction of sp³-hybridized carbons (Fsp3) is 0.200. The first-order chi connectivity index (χ1) is 13.1. The van der Waals surface area contributed by atoms with Crippen LogP contribution in [-0.2, 0) is 20.9 Å². The van der Waals surface area contributed by atoms with E-state index in [0.29, 0.717) is 16.5 Å². The van der Waals surface area contributed by atoms with Gasteiger partial charge in [0.2, 0.25) is 5.76 Å². The Balaban J connectivity index is 1.68. The number of carbonyl (C=O) groups is 2. The largest absolute Gasteiger partial charge is 0.460 e. The number of rotatable bonds is 7. The van der Waals surface area contributed by atoms with E-state index < -0.39 is 11.9 Å². The van der Waals surface area contributed by atoms with Crippen LogP contribution in [0.2, 0.25) is 0 Å². The summed E-state index contributed by atoms with van der Waals surface area (Å²) in [6.45, 7) is 1.81. The summed E-state index contributed by atoms with van der Waals surface area (Å²) in [6, 6.07) is 13.0. The molecule has 0 bridgehead atoms. The molecule has 1 aromatic heterocycles. The maximum atomic E-state index is 12.9. The van der Waals surface area contributed by atoms with Gasteiger partial charge in [0.1, 0.15) is 18.0 Å². The van der Waals surface area contributed by atoms with Gasteiger partial charge in [0.15, 0.2) is 0 Å². The number of hydrogen-bond acceptors (Lipinski definition) is 6. The van der Waals surface area contributed by atoms with Crippen LogP contribution in [0, 0.1) is 5.82 Å². The van der Waals surface area contributed by atoms with Gasteiger partial charge in [0.25, 0.3) is 0 Å². The lowest BCUT2D eigenvalue weighted by atomic mass is 10.1. The van der Waals surface area contributed by atoms with Crippen molar-refractivity contribution in [2.45, 2.75) is 18.4 Å². The summed E-state index contributed by atoms with van der Waals surface area (Å²) in [5, 5.41) is 0.694. The van der Waals surface area contributed by atoms with E-state index in [4.69, 9.17) is 13.9 Å². The number of esters is 2. The molecule has 0 unspecified atom stereocenters. The molecule has 0 aliphatic rings. The van der Waals surface area contributed by atoms with Crippen LogP contribution in [0.4, 0.5) is 4.39 Å². The van der Waals surface area contributed by atoms with Crippen LogP contribution in [0.5, 0.6) is 0 Å². The van der Waals surface area contributed by atoms with Crippen molar-refractivity contribution in [1.29, 1.82) is 0 Å². The van der Waals surface area contributed by atoms with Crippen LogP contribution in [-0.4, -0.2) is 24.3 Å². The van der Waals surface area contributed by atoms with Gasteiger partial charge in [0, 0.05) is 10.3 Å². The molecule has 0 saturated carbocycles. The number of hydrogen-bond donors (Lipinski definition) is 0. The predicted octanol–water partition coefficient (Wildman–Crippen LogP) is 4.58. The van der Waals surface area contributed by atoms with Gasteiger partial charge in [-0.2, -0.15) is 0 Å². The van der Waals surface area contributed by atoms with Crippen LogP contribution in [0.3, 0.4) is 0 Å². The maximum Gasteiger partial charge on any atom is 0.374 e. The number of para-hydroxylation sites is 1. The van der Waals surface area contributed by atoms with Gasteiger partial charge in [0.05, 0.1) is 17.9 Å². The van der Waals surface area contributed by atoms with Crippen molar-refractivity contribution >= 4 is 34.7 Å². The molecular formula is C20H17FO5S. The van der Waals surface area contributed by atoms with E-state index in [9.17, 15) is 14.0 Å². The van der Waals surface area contributed by atoms with E-state index in [1.807, 2.05) is 6.07 Å². The molecule has 5 nitrogen and oxygen atoms in total. The van der Waals surface area contributed by atoms with Crippen LogP contribution < -0.4 is 0 Å². The first kappa shape index (κ1) is 19.0. The topological polar surface area (TPSA) is 65.7 Å². The fourth-order valence-corrected chi connectivity index (χ4v) is 3.17. The number of thioether (sulfide) groups is 1. The number of carbonyl (C=O) groups excluding carboxylic acids is 2. The van der Waals surface area contributed by atoms with E-state index in [2.05, 4.69) is 0 Å². The zero-order chi connectivity index (χ0) is 19.2. The minimum Gasteiger partial charge on any atom is -0.460 e. The quantitative estimate of drug-likeness (QED) is 0.436. The Kier molecular flexibility index (Phi) is 6.13. The van der Waals surface area contributed by atoms with E-state index in [0.717, 1.165) is 4.90 Å². The zero-order valence-corrected chi connectivity index (χ0v) is 15.4. The second kappa shape index (κ2) is 8.73. The smallest absolute Gasteiger partial charge is 0.374 e. The van der Waals surface area contributed by atoms with Crippen LogP contribution in [0.1, 0.15) is 23.0 Å². The Bertz CT molecular complexity index is 949. The summed E-state index contributed by atoms with van der Waals surface area (Å²) in [4.78, 5) is 24.9. The number of furan rings is 1. The molecule has 7 heteroatoms. The molecule has 0 aliphatic carbocycles.